The first kappa shape index (κ1) is 11.2. The summed E-state index contributed by atoms with van der Waals surface area (Å²) in [5, 5.41) is 4.08. The third-order valence-electron chi connectivity index (χ3n) is 1.99. The van der Waals surface area contributed by atoms with E-state index in [9.17, 15) is 0 Å². The highest BCUT2D eigenvalue weighted by molar-refractivity contribution is 7.07. The number of hydrogen-bond acceptors (Lipinski definition) is 2. The fourth-order valence-electron chi connectivity index (χ4n) is 1.30. The molecule has 0 atom stereocenters. The van der Waals surface area contributed by atoms with Crippen molar-refractivity contribution in [2.45, 2.75) is 5.88 Å². The van der Waals surface area contributed by atoms with Gasteiger partial charge in [0.25, 0.3) is 0 Å². The zero-order valence-electron chi connectivity index (χ0n) is 8.56. The molecule has 1 aromatic carbocycles. The molecule has 0 saturated heterocycles. The smallest absolute Gasteiger partial charge is 0.122 e. The Kier molecular flexibility index (Phi) is 3.97. The molecule has 3 rings (SSSR count). The van der Waals surface area contributed by atoms with Crippen LogP contribution in [0, 0.1) is 0 Å². The van der Waals surface area contributed by atoms with Gasteiger partial charge in [-0.2, -0.15) is 11.3 Å². The Hall–Kier alpha value is -1.32. The SMILES string of the molecule is ClCc1nc2ccccc2[nH]1.c1ccsc1. The van der Waals surface area contributed by atoms with Crippen molar-refractivity contribution in [3.63, 3.8) is 0 Å². The number of para-hydroxylation sites is 2. The van der Waals surface area contributed by atoms with E-state index in [1.54, 1.807) is 11.3 Å². The summed E-state index contributed by atoms with van der Waals surface area (Å²) in [6, 6.07) is 11.9. The van der Waals surface area contributed by atoms with E-state index in [1.165, 1.54) is 0 Å². The highest BCUT2D eigenvalue weighted by Gasteiger charge is 1.98. The van der Waals surface area contributed by atoms with E-state index in [-0.39, 0.29) is 0 Å². The molecule has 0 aliphatic rings. The predicted octanol–water partition coefficient (Wildman–Crippen LogP) is 4.05. The molecule has 1 N–H and O–H groups in total. The van der Waals surface area contributed by atoms with Gasteiger partial charge in [0.1, 0.15) is 5.82 Å². The van der Waals surface area contributed by atoms with Crippen molar-refractivity contribution in [2.24, 2.45) is 0 Å². The van der Waals surface area contributed by atoms with Gasteiger partial charge in [0.05, 0.1) is 16.9 Å². The van der Waals surface area contributed by atoms with Gasteiger partial charge in [-0.3, -0.25) is 0 Å². The highest BCUT2D eigenvalue weighted by atomic mass is 35.5. The number of H-pyrrole nitrogens is 1. The molecule has 3 aromatic rings. The zero-order chi connectivity index (χ0) is 11.2. The number of nitrogens with zero attached hydrogens (tertiary/aromatic N) is 1. The number of alkyl halides is 1. The third-order valence-corrected chi connectivity index (χ3v) is 2.87. The molecule has 0 fully saturated rings. The second-order valence-corrected chi connectivity index (χ2v) is 4.21. The summed E-state index contributed by atoms with van der Waals surface area (Å²) in [6.07, 6.45) is 0. The number of fused-ring (bicyclic) bond motifs is 1. The van der Waals surface area contributed by atoms with Crippen molar-refractivity contribution in [3.8, 4) is 0 Å². The van der Waals surface area contributed by atoms with E-state index in [2.05, 4.69) is 9.97 Å². The van der Waals surface area contributed by atoms with Crippen molar-refractivity contribution in [1.29, 1.82) is 0 Å². The number of hydrogen-bond donors (Lipinski definition) is 1. The number of halogens is 1. The van der Waals surface area contributed by atoms with Gasteiger partial charge in [0, 0.05) is 0 Å². The number of nitrogens with one attached hydrogen (secondary N) is 1. The van der Waals surface area contributed by atoms with Gasteiger partial charge < -0.3 is 4.98 Å². The summed E-state index contributed by atoms with van der Waals surface area (Å²) in [5.74, 6) is 1.27. The van der Waals surface area contributed by atoms with Crippen LogP contribution in [0.2, 0.25) is 0 Å². The number of aromatic nitrogens is 2. The van der Waals surface area contributed by atoms with Crippen LogP contribution in [0.25, 0.3) is 11.0 Å². The Labute approximate surface area is 103 Å². The molecular weight excluding hydrogens is 240 g/mol. The highest BCUT2D eigenvalue weighted by Crippen LogP contribution is 2.10. The van der Waals surface area contributed by atoms with Gasteiger partial charge in [-0.1, -0.05) is 24.3 Å². The van der Waals surface area contributed by atoms with Crippen LogP contribution in [0.4, 0.5) is 0 Å². The molecule has 4 heteroatoms. The summed E-state index contributed by atoms with van der Waals surface area (Å²) >= 11 is 7.32. The fraction of sp³-hybridized carbons (Fsp3) is 0.0833. The monoisotopic (exact) mass is 250 g/mol. The Balaban J connectivity index is 0.000000162. The van der Waals surface area contributed by atoms with E-state index in [0.717, 1.165) is 16.9 Å². The van der Waals surface area contributed by atoms with Gasteiger partial charge in [-0.15, -0.1) is 11.6 Å². The fourth-order valence-corrected chi connectivity index (χ4v) is 1.88. The molecule has 2 aromatic heterocycles. The normalized spacial score (nSPS) is 9.81. The van der Waals surface area contributed by atoms with Crippen LogP contribution in [-0.4, -0.2) is 9.97 Å². The Morgan fingerprint density at radius 2 is 1.88 bits per heavy atom. The summed E-state index contributed by atoms with van der Waals surface area (Å²) in [5.41, 5.74) is 2.02. The number of benzene rings is 1. The lowest BCUT2D eigenvalue weighted by molar-refractivity contribution is 1.13. The molecule has 0 unspecified atom stereocenters. The Morgan fingerprint density at radius 1 is 1.12 bits per heavy atom. The van der Waals surface area contributed by atoms with Crippen LogP contribution in [0.15, 0.2) is 47.2 Å². The van der Waals surface area contributed by atoms with Crippen molar-refractivity contribution in [2.75, 3.05) is 0 Å². The van der Waals surface area contributed by atoms with E-state index >= 15 is 0 Å². The van der Waals surface area contributed by atoms with Crippen LogP contribution in [0.5, 0.6) is 0 Å². The predicted molar refractivity (Wildman–Crippen MR) is 70.0 cm³/mol. The topological polar surface area (TPSA) is 28.7 Å². The second-order valence-electron chi connectivity index (χ2n) is 3.13. The summed E-state index contributed by atoms with van der Waals surface area (Å²) in [6.45, 7) is 0. The average molecular weight is 251 g/mol. The van der Waals surface area contributed by atoms with Gasteiger partial charge in [0.15, 0.2) is 0 Å². The van der Waals surface area contributed by atoms with Crippen molar-refractivity contribution in [3.05, 3.63) is 53.0 Å². The zero-order valence-corrected chi connectivity index (χ0v) is 10.1. The largest absolute Gasteiger partial charge is 0.341 e. The standard InChI is InChI=1S/C8H7ClN2.C4H4S/c9-5-8-10-6-3-1-2-4-7(6)11-8;1-2-4-5-3-1/h1-4H,5H2,(H,10,11);1-4H. The van der Waals surface area contributed by atoms with E-state index < -0.39 is 0 Å². The second kappa shape index (κ2) is 5.68. The van der Waals surface area contributed by atoms with Crippen LogP contribution >= 0.6 is 22.9 Å². The minimum absolute atomic E-state index is 0.439. The first-order chi connectivity index (χ1) is 7.90. The van der Waals surface area contributed by atoms with E-state index in [1.807, 2.05) is 47.2 Å². The molecule has 0 aliphatic heterocycles. The van der Waals surface area contributed by atoms with Crippen molar-refractivity contribution >= 4 is 34.0 Å². The van der Waals surface area contributed by atoms with Crippen LogP contribution < -0.4 is 0 Å². The average Bonchev–Trinajstić information content (AvgIpc) is 3.01. The number of thiophene rings is 1. The molecule has 2 heterocycles. The minimum atomic E-state index is 0.439. The van der Waals surface area contributed by atoms with Crippen molar-refractivity contribution < 1.29 is 0 Å². The lowest BCUT2D eigenvalue weighted by atomic mass is 10.3. The van der Waals surface area contributed by atoms with Gasteiger partial charge in [-0.05, 0) is 22.9 Å². The lowest BCUT2D eigenvalue weighted by Gasteiger charge is -1.81. The van der Waals surface area contributed by atoms with E-state index in [0.29, 0.717) is 5.88 Å². The molecule has 0 saturated carbocycles. The molecule has 16 heavy (non-hydrogen) atoms. The maximum atomic E-state index is 5.60. The van der Waals surface area contributed by atoms with Crippen LogP contribution in [-0.2, 0) is 5.88 Å². The first-order valence-corrected chi connectivity index (χ1v) is 6.34. The number of imidazole rings is 1. The summed E-state index contributed by atoms with van der Waals surface area (Å²) < 4.78 is 0. The Morgan fingerprint density at radius 3 is 2.44 bits per heavy atom. The summed E-state index contributed by atoms with van der Waals surface area (Å²) in [4.78, 5) is 7.35. The molecule has 82 valence electrons. The maximum absolute atomic E-state index is 5.60. The number of rotatable bonds is 1. The summed E-state index contributed by atoms with van der Waals surface area (Å²) in [7, 11) is 0. The molecular formula is C12H11ClN2S. The molecule has 0 radical (unpaired) electrons. The molecule has 0 spiro atoms. The quantitative estimate of drug-likeness (QED) is 0.649. The van der Waals surface area contributed by atoms with E-state index in [4.69, 9.17) is 11.6 Å². The van der Waals surface area contributed by atoms with Crippen molar-refractivity contribution in [1.82, 2.24) is 9.97 Å². The van der Waals surface area contributed by atoms with Gasteiger partial charge >= 0.3 is 0 Å². The molecule has 2 nitrogen and oxygen atoms in total. The first-order valence-electron chi connectivity index (χ1n) is 4.87. The van der Waals surface area contributed by atoms with Crippen LogP contribution in [0.3, 0.4) is 0 Å². The molecule has 0 amide bonds. The third kappa shape index (κ3) is 2.84. The minimum Gasteiger partial charge on any atom is -0.341 e. The van der Waals surface area contributed by atoms with Gasteiger partial charge in [0.2, 0.25) is 0 Å². The number of aromatic amines is 1. The lowest BCUT2D eigenvalue weighted by Crippen LogP contribution is -1.76. The molecule has 0 aliphatic carbocycles. The van der Waals surface area contributed by atoms with Gasteiger partial charge in [-0.25, -0.2) is 4.98 Å². The molecule has 0 bridgehead atoms. The maximum Gasteiger partial charge on any atom is 0.122 e. The van der Waals surface area contributed by atoms with Crippen LogP contribution in [0.1, 0.15) is 5.82 Å². The Bertz CT molecular complexity index is 480.